The van der Waals surface area contributed by atoms with Gasteiger partial charge in [-0.05, 0) is 61.7 Å². The second-order valence-electron chi connectivity index (χ2n) is 7.21. The Balaban J connectivity index is 1.60. The molecule has 0 saturated heterocycles. The van der Waals surface area contributed by atoms with E-state index >= 15 is 0 Å². The zero-order valence-electron chi connectivity index (χ0n) is 16.0. The van der Waals surface area contributed by atoms with Crippen LogP contribution in [0.25, 0.3) is 0 Å². The van der Waals surface area contributed by atoms with Crippen molar-refractivity contribution in [3.8, 4) is 0 Å². The fourth-order valence-corrected chi connectivity index (χ4v) is 3.72. The lowest BCUT2D eigenvalue weighted by Gasteiger charge is -2.23. The van der Waals surface area contributed by atoms with Gasteiger partial charge < -0.3 is 10.2 Å². The summed E-state index contributed by atoms with van der Waals surface area (Å²) in [6.45, 7) is 3.99. The van der Waals surface area contributed by atoms with Crippen molar-refractivity contribution in [1.29, 1.82) is 0 Å². The number of para-hydroxylation sites is 2. The number of carbonyl (C=O) groups is 2. The molecule has 0 saturated carbocycles. The number of hydrogen-bond donors (Lipinski definition) is 1. The molecule has 3 aromatic carbocycles. The quantitative estimate of drug-likeness (QED) is 0.717. The Morgan fingerprint density at radius 3 is 2.46 bits per heavy atom. The molecule has 4 heteroatoms. The van der Waals surface area contributed by atoms with E-state index < -0.39 is 0 Å². The molecular weight excluding hydrogens is 348 g/mol. The lowest BCUT2D eigenvalue weighted by atomic mass is 10.1. The van der Waals surface area contributed by atoms with Gasteiger partial charge in [0.1, 0.15) is 0 Å². The Labute approximate surface area is 164 Å². The van der Waals surface area contributed by atoms with Crippen molar-refractivity contribution in [2.24, 2.45) is 0 Å². The average molecular weight is 370 g/mol. The molecule has 1 unspecified atom stereocenters. The van der Waals surface area contributed by atoms with Crippen molar-refractivity contribution in [3.05, 3.63) is 95.1 Å². The lowest BCUT2D eigenvalue weighted by molar-refractivity contribution is 0.0981. The number of aryl methyl sites for hydroxylation is 1. The Hall–Kier alpha value is -3.40. The summed E-state index contributed by atoms with van der Waals surface area (Å²) >= 11 is 0. The van der Waals surface area contributed by atoms with Crippen molar-refractivity contribution >= 4 is 23.2 Å². The predicted octanol–water partition coefficient (Wildman–Crippen LogP) is 4.84. The Kier molecular flexibility index (Phi) is 4.70. The summed E-state index contributed by atoms with van der Waals surface area (Å²) in [5.41, 5.74) is 4.87. The first kappa shape index (κ1) is 18.0. The van der Waals surface area contributed by atoms with Gasteiger partial charge >= 0.3 is 0 Å². The molecule has 1 heterocycles. The molecule has 28 heavy (non-hydrogen) atoms. The van der Waals surface area contributed by atoms with E-state index in [2.05, 4.69) is 11.4 Å². The standard InChI is InChI=1S/C24H22N2O2/c1-16-8-3-5-12-21(16)25-23(27)19-10-7-11-20(15-19)24(28)26-17(2)14-18-9-4-6-13-22(18)26/h3-13,15,17H,14H2,1-2H3,(H,25,27). The van der Waals surface area contributed by atoms with Gasteiger partial charge in [-0.15, -0.1) is 0 Å². The Morgan fingerprint density at radius 2 is 1.64 bits per heavy atom. The van der Waals surface area contributed by atoms with Crippen LogP contribution in [-0.2, 0) is 6.42 Å². The molecule has 1 N–H and O–H groups in total. The van der Waals surface area contributed by atoms with Crippen LogP contribution < -0.4 is 10.2 Å². The van der Waals surface area contributed by atoms with Crippen molar-refractivity contribution in [1.82, 2.24) is 0 Å². The SMILES string of the molecule is Cc1ccccc1NC(=O)c1cccc(C(=O)N2c3ccccc3CC2C)c1. The average Bonchev–Trinajstić information content (AvgIpc) is 3.05. The van der Waals surface area contributed by atoms with Crippen LogP contribution in [0.4, 0.5) is 11.4 Å². The maximum Gasteiger partial charge on any atom is 0.258 e. The molecule has 0 spiro atoms. The highest BCUT2D eigenvalue weighted by Gasteiger charge is 2.31. The van der Waals surface area contributed by atoms with Crippen LogP contribution in [0, 0.1) is 6.92 Å². The van der Waals surface area contributed by atoms with Crippen molar-refractivity contribution < 1.29 is 9.59 Å². The van der Waals surface area contributed by atoms with Gasteiger partial charge in [0.05, 0.1) is 0 Å². The molecule has 3 aromatic rings. The number of anilines is 2. The molecule has 4 nitrogen and oxygen atoms in total. The molecule has 140 valence electrons. The summed E-state index contributed by atoms with van der Waals surface area (Å²) < 4.78 is 0. The summed E-state index contributed by atoms with van der Waals surface area (Å²) in [6, 6.07) is 22.6. The van der Waals surface area contributed by atoms with Gasteiger partial charge in [-0.3, -0.25) is 9.59 Å². The minimum Gasteiger partial charge on any atom is -0.322 e. The lowest BCUT2D eigenvalue weighted by Crippen LogP contribution is -2.35. The normalized spacial score (nSPS) is 15.2. The van der Waals surface area contributed by atoms with Gasteiger partial charge in [-0.1, -0.05) is 42.5 Å². The van der Waals surface area contributed by atoms with Gasteiger partial charge in [0.2, 0.25) is 0 Å². The molecule has 1 aliphatic heterocycles. The van der Waals surface area contributed by atoms with Gasteiger partial charge in [0, 0.05) is 28.5 Å². The Bertz CT molecular complexity index is 1060. The number of fused-ring (bicyclic) bond motifs is 1. The summed E-state index contributed by atoms with van der Waals surface area (Å²) in [7, 11) is 0. The van der Waals surface area contributed by atoms with Crippen LogP contribution in [-0.4, -0.2) is 17.9 Å². The number of rotatable bonds is 3. The smallest absolute Gasteiger partial charge is 0.258 e. The van der Waals surface area contributed by atoms with E-state index in [1.807, 2.05) is 61.2 Å². The summed E-state index contributed by atoms with van der Waals surface area (Å²) in [6.07, 6.45) is 0.843. The number of nitrogens with one attached hydrogen (secondary N) is 1. The number of benzene rings is 3. The highest BCUT2D eigenvalue weighted by molar-refractivity contribution is 6.10. The first-order valence-electron chi connectivity index (χ1n) is 9.43. The third-order valence-corrected chi connectivity index (χ3v) is 5.19. The number of amides is 2. The zero-order chi connectivity index (χ0) is 19.7. The van der Waals surface area contributed by atoms with Crippen molar-refractivity contribution in [3.63, 3.8) is 0 Å². The van der Waals surface area contributed by atoms with E-state index in [9.17, 15) is 9.59 Å². The summed E-state index contributed by atoms with van der Waals surface area (Å²) in [5, 5.41) is 2.92. The molecular formula is C24H22N2O2. The zero-order valence-corrected chi connectivity index (χ0v) is 16.0. The fourth-order valence-electron chi connectivity index (χ4n) is 3.72. The number of carbonyl (C=O) groups excluding carboxylic acids is 2. The second-order valence-corrected chi connectivity index (χ2v) is 7.21. The first-order valence-corrected chi connectivity index (χ1v) is 9.43. The monoisotopic (exact) mass is 370 g/mol. The van der Waals surface area contributed by atoms with Crippen LogP contribution in [0.15, 0.2) is 72.8 Å². The van der Waals surface area contributed by atoms with Crippen LogP contribution >= 0.6 is 0 Å². The molecule has 0 fully saturated rings. The van der Waals surface area contributed by atoms with E-state index in [1.165, 1.54) is 5.56 Å². The molecule has 0 aromatic heterocycles. The summed E-state index contributed by atoms with van der Waals surface area (Å²) in [4.78, 5) is 27.7. The van der Waals surface area contributed by atoms with Gasteiger partial charge in [-0.25, -0.2) is 0 Å². The van der Waals surface area contributed by atoms with Gasteiger partial charge in [0.15, 0.2) is 0 Å². The topological polar surface area (TPSA) is 49.4 Å². The third-order valence-electron chi connectivity index (χ3n) is 5.19. The molecule has 2 amide bonds. The van der Waals surface area contributed by atoms with Crippen LogP contribution in [0.3, 0.4) is 0 Å². The number of nitrogens with zero attached hydrogens (tertiary/aromatic N) is 1. The van der Waals surface area contributed by atoms with E-state index in [1.54, 1.807) is 24.3 Å². The van der Waals surface area contributed by atoms with Gasteiger partial charge in [0.25, 0.3) is 11.8 Å². The van der Waals surface area contributed by atoms with E-state index in [0.29, 0.717) is 11.1 Å². The third kappa shape index (κ3) is 3.29. The van der Waals surface area contributed by atoms with Gasteiger partial charge in [-0.2, -0.15) is 0 Å². The highest BCUT2D eigenvalue weighted by Crippen LogP contribution is 2.33. The predicted molar refractivity (Wildman–Crippen MR) is 112 cm³/mol. The fraction of sp³-hybridized carbons (Fsp3) is 0.167. The summed E-state index contributed by atoms with van der Waals surface area (Å²) in [5.74, 6) is -0.304. The van der Waals surface area contributed by atoms with Crippen LogP contribution in [0.1, 0.15) is 38.8 Å². The molecule has 0 radical (unpaired) electrons. The van der Waals surface area contributed by atoms with Crippen molar-refractivity contribution in [2.75, 3.05) is 10.2 Å². The molecule has 0 aliphatic carbocycles. The van der Waals surface area contributed by atoms with E-state index in [4.69, 9.17) is 0 Å². The minimum atomic E-state index is -0.223. The molecule has 1 atom stereocenters. The first-order chi connectivity index (χ1) is 13.5. The maximum atomic E-state index is 13.2. The molecule has 0 bridgehead atoms. The minimum absolute atomic E-state index is 0.0806. The van der Waals surface area contributed by atoms with Crippen LogP contribution in [0.5, 0.6) is 0 Å². The van der Waals surface area contributed by atoms with E-state index in [0.717, 1.165) is 23.4 Å². The maximum absolute atomic E-state index is 13.2. The van der Waals surface area contributed by atoms with E-state index in [-0.39, 0.29) is 17.9 Å². The van der Waals surface area contributed by atoms with Crippen molar-refractivity contribution in [2.45, 2.75) is 26.3 Å². The Morgan fingerprint density at radius 1 is 0.929 bits per heavy atom. The van der Waals surface area contributed by atoms with Crippen LogP contribution in [0.2, 0.25) is 0 Å². The number of hydrogen-bond acceptors (Lipinski definition) is 2. The second kappa shape index (κ2) is 7.31. The molecule has 1 aliphatic rings. The molecule has 4 rings (SSSR count). The highest BCUT2D eigenvalue weighted by atomic mass is 16.2. The largest absolute Gasteiger partial charge is 0.322 e.